The molecule has 190 valence electrons. The van der Waals surface area contributed by atoms with Crippen LogP contribution in [0.5, 0.6) is 5.75 Å². The molecule has 5 rings (SSSR count). The van der Waals surface area contributed by atoms with Gasteiger partial charge in [0.15, 0.2) is 0 Å². The van der Waals surface area contributed by atoms with E-state index in [2.05, 4.69) is 112 Å². The normalized spacial score (nSPS) is 14.5. The van der Waals surface area contributed by atoms with Crippen LogP contribution < -0.4 is 4.74 Å². The predicted molar refractivity (Wildman–Crippen MR) is 163 cm³/mol. The number of para-hydroxylation sites is 1. The Labute approximate surface area is 238 Å². The van der Waals surface area contributed by atoms with Crippen molar-refractivity contribution >= 4 is 24.6 Å². The first-order chi connectivity index (χ1) is 18.5. The molecule has 1 unspecified atom stereocenters. The van der Waals surface area contributed by atoms with Crippen molar-refractivity contribution in [1.29, 1.82) is 0 Å². The summed E-state index contributed by atoms with van der Waals surface area (Å²) in [6, 6.07) is 37.5. The van der Waals surface area contributed by atoms with E-state index in [-0.39, 0.29) is 6.66 Å². The first-order valence-electron chi connectivity index (χ1n) is 13.3. The van der Waals surface area contributed by atoms with Crippen molar-refractivity contribution in [2.75, 3.05) is 0 Å². The number of fused-ring (bicyclic) bond motifs is 1. The molecule has 0 fully saturated rings. The van der Waals surface area contributed by atoms with E-state index in [9.17, 15) is 0 Å². The molecule has 3 heteroatoms. The molecule has 0 amide bonds. The van der Waals surface area contributed by atoms with Crippen molar-refractivity contribution in [3.8, 4) is 5.75 Å². The Morgan fingerprint density at radius 2 is 1.42 bits per heavy atom. The number of hydrogen-bond donors (Lipinski definition) is 0. The summed E-state index contributed by atoms with van der Waals surface area (Å²) in [5.74, 6) is 1.71. The number of benzene rings is 4. The van der Waals surface area contributed by atoms with Gasteiger partial charge in [0.25, 0.3) is 0 Å². The fourth-order valence-electron chi connectivity index (χ4n) is 4.29. The second-order valence-corrected chi connectivity index (χ2v) is 20.4. The molecule has 0 N–H and O–H groups in total. The molecule has 0 aliphatic heterocycles. The van der Waals surface area contributed by atoms with Gasteiger partial charge in [0.2, 0.25) is 0 Å². The molecule has 0 bridgehead atoms. The van der Waals surface area contributed by atoms with Crippen LogP contribution in [0.2, 0.25) is 13.1 Å². The molecule has 0 heterocycles. The summed E-state index contributed by atoms with van der Waals surface area (Å²) in [5, 5.41) is 0. The van der Waals surface area contributed by atoms with Gasteiger partial charge in [-0.3, -0.25) is 0 Å². The van der Waals surface area contributed by atoms with Crippen molar-refractivity contribution in [1.82, 2.24) is 0 Å². The number of aryl methyl sites for hydroxylation is 1. The van der Waals surface area contributed by atoms with E-state index in [0.717, 1.165) is 26.9 Å². The van der Waals surface area contributed by atoms with Gasteiger partial charge < -0.3 is 4.74 Å². The maximum atomic E-state index is 6.20. The van der Waals surface area contributed by atoms with Crippen LogP contribution in [0, 0.1) is 6.92 Å². The Morgan fingerprint density at radius 1 is 0.789 bits per heavy atom. The van der Waals surface area contributed by atoms with Gasteiger partial charge in [0.05, 0.1) is 0 Å². The molecule has 4 aromatic carbocycles. The van der Waals surface area contributed by atoms with E-state index in [1.54, 1.807) is 5.56 Å². The summed E-state index contributed by atoms with van der Waals surface area (Å²) in [6.45, 7) is 8.83. The molecule has 1 atom stereocenters. The molecule has 1 aliphatic carbocycles. The Bertz CT molecular complexity index is 1390. The van der Waals surface area contributed by atoms with Gasteiger partial charge in [-0.1, -0.05) is 90.5 Å². The van der Waals surface area contributed by atoms with Gasteiger partial charge in [-0.15, -0.1) is 0 Å². The van der Waals surface area contributed by atoms with Gasteiger partial charge in [-0.05, 0) is 37.1 Å². The van der Waals surface area contributed by atoms with Gasteiger partial charge >= 0.3 is 89.9 Å². The van der Waals surface area contributed by atoms with Gasteiger partial charge in [-0.25, -0.2) is 0 Å². The summed E-state index contributed by atoms with van der Waals surface area (Å²) in [6.07, 6.45) is 8.96. The second kappa shape index (κ2) is 14.1. The third kappa shape index (κ3) is 8.16. The van der Waals surface area contributed by atoms with Crippen LogP contribution in [0.25, 0.3) is 17.9 Å². The molecule has 1 nitrogen and oxygen atoms in total. The van der Waals surface area contributed by atoms with E-state index in [0.29, 0.717) is 18.4 Å². The van der Waals surface area contributed by atoms with Crippen LogP contribution in [0.3, 0.4) is 0 Å². The third-order valence-corrected chi connectivity index (χ3v) is 12.9. The summed E-state index contributed by atoms with van der Waals surface area (Å²) in [5.41, 5.74) is 7.65. The SMILES string of the molecule is CC(C=Cc1ccc(C)cc1)=C(Oc1ccccc1)c1ccccc1.C[SiH](C)[Ti][CH]1C=Cc2ccccc21. The van der Waals surface area contributed by atoms with E-state index in [1.807, 2.05) is 48.5 Å². The maximum absolute atomic E-state index is 6.20. The van der Waals surface area contributed by atoms with Crippen LogP contribution in [0.4, 0.5) is 0 Å². The zero-order valence-electron chi connectivity index (χ0n) is 22.8. The molecule has 0 radical (unpaired) electrons. The Kier molecular flexibility index (Phi) is 10.3. The summed E-state index contributed by atoms with van der Waals surface area (Å²) < 4.78 is 7.05. The van der Waals surface area contributed by atoms with Crippen molar-refractivity contribution in [2.45, 2.75) is 31.2 Å². The summed E-state index contributed by atoms with van der Waals surface area (Å²) in [7, 11) is 0. The Balaban J connectivity index is 0.000000216. The number of ether oxygens (including phenoxy) is 1. The van der Waals surface area contributed by atoms with Crippen molar-refractivity contribution in [3.05, 3.63) is 155 Å². The van der Waals surface area contributed by atoms with E-state index in [4.69, 9.17) is 4.74 Å². The zero-order chi connectivity index (χ0) is 26.7. The quantitative estimate of drug-likeness (QED) is 0.127. The van der Waals surface area contributed by atoms with E-state index in [1.165, 1.54) is 16.7 Å². The molecular formula is C35H36OSiTi. The van der Waals surface area contributed by atoms with Crippen LogP contribution in [-0.2, 0) is 18.4 Å². The molecule has 4 aromatic rings. The summed E-state index contributed by atoms with van der Waals surface area (Å²) >= 11 is 0.290. The molecular weight excluding hydrogens is 512 g/mol. The van der Waals surface area contributed by atoms with Crippen LogP contribution in [-0.4, -0.2) is 6.66 Å². The standard InChI is InChI=1S/C24H22O.C9H7.C2H7Si.Ti/c1-19-13-16-21(17-14-19)18-15-20(2)24(22-9-5-3-6-10-22)25-23-11-7-4-8-12-23;1-2-5-9-7-3-6-8(9)4-1;1-3-2;/h3-18H,1-2H3;1-7H;3H,1-2H3;. The van der Waals surface area contributed by atoms with Gasteiger partial charge in [-0.2, -0.15) is 0 Å². The number of hydrogen-bond acceptors (Lipinski definition) is 1. The van der Waals surface area contributed by atoms with Crippen LogP contribution in [0.1, 0.15) is 39.0 Å². The fraction of sp³-hybridized carbons (Fsp3) is 0.143. The predicted octanol–water partition coefficient (Wildman–Crippen LogP) is 9.34. The molecule has 38 heavy (non-hydrogen) atoms. The topological polar surface area (TPSA) is 9.23 Å². The van der Waals surface area contributed by atoms with E-state index < -0.39 is 0 Å². The first kappa shape index (κ1) is 27.9. The van der Waals surface area contributed by atoms with Crippen LogP contribution in [0.15, 0.2) is 127 Å². The van der Waals surface area contributed by atoms with Crippen molar-refractivity contribution in [3.63, 3.8) is 0 Å². The fourth-order valence-corrected chi connectivity index (χ4v) is 10.6. The Hall–Kier alpha value is -3.17. The molecule has 0 saturated heterocycles. The molecule has 1 aliphatic rings. The molecule has 0 spiro atoms. The third-order valence-electron chi connectivity index (χ3n) is 6.27. The summed E-state index contributed by atoms with van der Waals surface area (Å²) in [4.78, 5) is 0. The minimum absolute atomic E-state index is 0.290. The number of rotatable bonds is 7. The first-order valence-corrected chi connectivity index (χ1v) is 19.8. The second-order valence-electron chi connectivity index (χ2n) is 9.82. The Morgan fingerprint density at radius 3 is 2.11 bits per heavy atom. The van der Waals surface area contributed by atoms with Gasteiger partial charge in [0, 0.05) is 5.56 Å². The monoisotopic (exact) mass is 548 g/mol. The van der Waals surface area contributed by atoms with Crippen LogP contribution >= 0.6 is 0 Å². The molecule has 0 saturated carbocycles. The van der Waals surface area contributed by atoms with Gasteiger partial charge in [0.1, 0.15) is 11.5 Å². The minimum atomic E-state index is -0.309. The van der Waals surface area contributed by atoms with Crippen molar-refractivity contribution < 1.29 is 23.1 Å². The van der Waals surface area contributed by atoms with E-state index >= 15 is 0 Å². The molecule has 0 aromatic heterocycles. The van der Waals surface area contributed by atoms with Crippen molar-refractivity contribution in [2.24, 2.45) is 0 Å². The number of allylic oxidation sites excluding steroid dienone is 3. The average Bonchev–Trinajstić information content (AvgIpc) is 3.35. The zero-order valence-corrected chi connectivity index (χ0v) is 25.5. The average molecular weight is 549 g/mol.